The normalized spacial score (nSPS) is 13.1. The Hall–Kier alpha value is -2.82. The van der Waals surface area contributed by atoms with Crippen molar-refractivity contribution >= 4 is 6.09 Å². The second kappa shape index (κ2) is 7.82. The Balaban J connectivity index is 2.09. The van der Waals surface area contributed by atoms with Crippen molar-refractivity contribution in [3.05, 3.63) is 30.2 Å². The Bertz CT molecular complexity index is 769. The number of aromatic nitrogens is 2. The summed E-state index contributed by atoms with van der Waals surface area (Å²) in [5.41, 5.74) is -0.401. The van der Waals surface area contributed by atoms with Crippen molar-refractivity contribution in [1.82, 2.24) is 15.5 Å². The van der Waals surface area contributed by atoms with Gasteiger partial charge in [0.1, 0.15) is 17.4 Å². The van der Waals surface area contributed by atoms with E-state index in [0.717, 1.165) is 12.1 Å². The minimum absolute atomic E-state index is 0.00648. The van der Waals surface area contributed by atoms with Gasteiger partial charge in [0.05, 0.1) is 6.61 Å². The molecule has 2 N–H and O–H groups in total. The van der Waals surface area contributed by atoms with Crippen LogP contribution in [0.1, 0.15) is 32.7 Å². The summed E-state index contributed by atoms with van der Waals surface area (Å²) in [6, 6.07) is 3.78. The lowest BCUT2D eigenvalue weighted by Crippen LogP contribution is -2.36. The fraction of sp³-hybridized carbons (Fsp3) is 0.438. The van der Waals surface area contributed by atoms with E-state index in [-0.39, 0.29) is 11.8 Å². The minimum atomic E-state index is -4.79. The number of alkyl halides is 3. The van der Waals surface area contributed by atoms with E-state index in [9.17, 15) is 23.1 Å². The number of halogens is 3. The number of aliphatic hydroxyl groups excluding tert-OH is 1. The van der Waals surface area contributed by atoms with Gasteiger partial charge in [0.15, 0.2) is 0 Å². The van der Waals surface area contributed by atoms with Gasteiger partial charge in [-0.1, -0.05) is 0 Å². The number of nitrogens with zero attached hydrogens (tertiary/aromatic N) is 2. The second-order valence-electron chi connectivity index (χ2n) is 6.40. The highest BCUT2D eigenvalue weighted by Crippen LogP contribution is 2.26. The largest absolute Gasteiger partial charge is 0.573 e. The number of hydrogen-bond donors (Lipinski definition) is 2. The van der Waals surface area contributed by atoms with Crippen molar-refractivity contribution in [3.63, 3.8) is 0 Å². The van der Waals surface area contributed by atoms with Gasteiger partial charge >= 0.3 is 12.5 Å². The van der Waals surface area contributed by atoms with Crippen LogP contribution in [0.4, 0.5) is 18.0 Å². The van der Waals surface area contributed by atoms with E-state index in [1.807, 2.05) is 0 Å². The van der Waals surface area contributed by atoms with Crippen molar-refractivity contribution in [2.24, 2.45) is 0 Å². The van der Waals surface area contributed by atoms with Gasteiger partial charge in [-0.3, -0.25) is 0 Å². The zero-order chi connectivity index (χ0) is 20.2. The van der Waals surface area contributed by atoms with Crippen LogP contribution in [-0.2, 0) is 4.74 Å². The maximum atomic E-state index is 12.2. The predicted molar refractivity (Wildman–Crippen MR) is 85.6 cm³/mol. The Labute approximate surface area is 152 Å². The Kier molecular flexibility index (Phi) is 5.94. The zero-order valence-electron chi connectivity index (χ0n) is 14.7. The van der Waals surface area contributed by atoms with Crippen LogP contribution in [0.3, 0.4) is 0 Å². The molecular formula is C16H18F3N3O5. The molecule has 1 atom stereocenters. The lowest BCUT2D eigenvalue weighted by molar-refractivity contribution is -0.274. The molecule has 148 valence electrons. The molecule has 1 heterocycles. The highest BCUT2D eigenvalue weighted by Gasteiger charge is 2.31. The van der Waals surface area contributed by atoms with Crippen LogP contribution in [0, 0.1) is 0 Å². The van der Waals surface area contributed by atoms with Crippen molar-refractivity contribution < 1.29 is 37.0 Å². The fourth-order valence-electron chi connectivity index (χ4n) is 1.93. The number of ether oxygens (including phenoxy) is 2. The summed E-state index contributed by atoms with van der Waals surface area (Å²) >= 11 is 0. The van der Waals surface area contributed by atoms with E-state index in [1.54, 1.807) is 20.8 Å². The number of aliphatic hydroxyl groups is 1. The van der Waals surface area contributed by atoms with Gasteiger partial charge in [-0.15, -0.1) is 23.4 Å². The summed E-state index contributed by atoms with van der Waals surface area (Å²) in [5.74, 6) is -0.493. The summed E-state index contributed by atoms with van der Waals surface area (Å²) in [5, 5.41) is 19.3. The molecule has 0 aliphatic rings. The third-order valence-electron chi connectivity index (χ3n) is 2.95. The summed E-state index contributed by atoms with van der Waals surface area (Å²) in [6.07, 6.45) is -5.57. The Morgan fingerprint density at radius 3 is 2.37 bits per heavy atom. The van der Waals surface area contributed by atoms with Crippen molar-refractivity contribution in [1.29, 1.82) is 0 Å². The molecule has 2 aromatic rings. The first-order chi connectivity index (χ1) is 12.5. The van der Waals surface area contributed by atoms with Gasteiger partial charge < -0.3 is 24.3 Å². The summed E-state index contributed by atoms with van der Waals surface area (Å²) < 4.78 is 50.7. The van der Waals surface area contributed by atoms with E-state index < -0.39 is 36.5 Å². The average Bonchev–Trinajstić information content (AvgIpc) is 3.00. The van der Waals surface area contributed by atoms with Crippen LogP contribution < -0.4 is 10.1 Å². The molecule has 0 radical (unpaired) electrons. The fourth-order valence-corrected chi connectivity index (χ4v) is 1.93. The van der Waals surface area contributed by atoms with E-state index in [1.165, 1.54) is 12.1 Å². The maximum Gasteiger partial charge on any atom is 0.573 e. The molecule has 0 aliphatic carbocycles. The Morgan fingerprint density at radius 1 is 1.22 bits per heavy atom. The van der Waals surface area contributed by atoms with E-state index in [4.69, 9.17) is 9.15 Å². The molecule has 2 rings (SSSR count). The molecule has 11 heteroatoms. The first-order valence-electron chi connectivity index (χ1n) is 7.77. The van der Waals surface area contributed by atoms with Crippen LogP contribution in [0.15, 0.2) is 28.7 Å². The molecule has 0 saturated heterocycles. The molecule has 1 aromatic heterocycles. The minimum Gasteiger partial charge on any atom is -0.444 e. The SMILES string of the molecule is CC(C)(C)OC(=O)NC(CO)c1nnc(-c2ccc(OC(F)(F)F)cc2)o1. The number of alkyl carbamates (subject to hydrolysis) is 1. The van der Waals surface area contributed by atoms with Crippen LogP contribution in [0.2, 0.25) is 0 Å². The Morgan fingerprint density at radius 2 is 1.85 bits per heavy atom. The van der Waals surface area contributed by atoms with Gasteiger partial charge in [0.25, 0.3) is 0 Å². The molecule has 0 aliphatic heterocycles. The van der Waals surface area contributed by atoms with Gasteiger partial charge in [-0.2, -0.15) is 0 Å². The molecule has 1 unspecified atom stereocenters. The smallest absolute Gasteiger partial charge is 0.444 e. The number of benzene rings is 1. The third-order valence-corrected chi connectivity index (χ3v) is 2.95. The third kappa shape index (κ3) is 6.44. The predicted octanol–water partition coefficient (Wildman–Crippen LogP) is 3.19. The first-order valence-corrected chi connectivity index (χ1v) is 7.77. The van der Waals surface area contributed by atoms with Crippen LogP contribution >= 0.6 is 0 Å². The number of carbonyl (C=O) groups is 1. The zero-order valence-corrected chi connectivity index (χ0v) is 14.7. The molecule has 0 spiro atoms. The highest BCUT2D eigenvalue weighted by atomic mass is 19.4. The van der Waals surface area contributed by atoms with Gasteiger partial charge in [-0.25, -0.2) is 4.79 Å². The van der Waals surface area contributed by atoms with Gasteiger partial charge in [0, 0.05) is 5.56 Å². The van der Waals surface area contributed by atoms with Crippen LogP contribution in [0.5, 0.6) is 5.75 Å². The molecule has 0 fully saturated rings. The van der Waals surface area contributed by atoms with Crippen molar-refractivity contribution in [2.45, 2.75) is 38.8 Å². The quantitative estimate of drug-likeness (QED) is 0.809. The topological polar surface area (TPSA) is 107 Å². The molecule has 8 nitrogen and oxygen atoms in total. The number of rotatable bonds is 5. The molecule has 0 saturated carbocycles. The molecule has 1 aromatic carbocycles. The standard InChI is InChI=1S/C16H18F3N3O5/c1-15(2,3)27-14(24)20-11(8-23)13-22-21-12(25-13)9-4-6-10(7-5-9)26-16(17,18)19/h4-7,11,23H,8H2,1-3H3,(H,20,24). The van der Waals surface area contributed by atoms with E-state index >= 15 is 0 Å². The van der Waals surface area contributed by atoms with Gasteiger partial charge in [0.2, 0.25) is 11.8 Å². The first kappa shape index (κ1) is 20.5. The van der Waals surface area contributed by atoms with Crippen LogP contribution in [0.25, 0.3) is 11.5 Å². The summed E-state index contributed by atoms with van der Waals surface area (Å²) in [6.45, 7) is 4.51. The monoisotopic (exact) mass is 389 g/mol. The lowest BCUT2D eigenvalue weighted by Gasteiger charge is -2.21. The number of hydrogen-bond acceptors (Lipinski definition) is 7. The number of amides is 1. The number of nitrogens with one attached hydrogen (secondary N) is 1. The van der Waals surface area contributed by atoms with Gasteiger partial charge in [-0.05, 0) is 45.0 Å². The van der Waals surface area contributed by atoms with Crippen molar-refractivity contribution in [3.8, 4) is 17.2 Å². The maximum absolute atomic E-state index is 12.2. The molecule has 0 bridgehead atoms. The van der Waals surface area contributed by atoms with Crippen LogP contribution in [-0.4, -0.2) is 40.0 Å². The molecule has 27 heavy (non-hydrogen) atoms. The lowest BCUT2D eigenvalue weighted by atomic mass is 10.2. The van der Waals surface area contributed by atoms with Crippen molar-refractivity contribution in [2.75, 3.05) is 6.61 Å². The second-order valence-corrected chi connectivity index (χ2v) is 6.40. The molecular weight excluding hydrogens is 371 g/mol. The van der Waals surface area contributed by atoms with E-state index in [0.29, 0.717) is 5.56 Å². The summed E-state index contributed by atoms with van der Waals surface area (Å²) in [7, 11) is 0. The number of carbonyl (C=O) groups excluding carboxylic acids is 1. The molecule has 1 amide bonds. The highest BCUT2D eigenvalue weighted by molar-refractivity contribution is 5.68. The summed E-state index contributed by atoms with van der Waals surface area (Å²) in [4.78, 5) is 11.8. The van der Waals surface area contributed by atoms with E-state index in [2.05, 4.69) is 20.3 Å². The average molecular weight is 389 g/mol.